The van der Waals surface area contributed by atoms with Gasteiger partial charge in [-0.1, -0.05) is 48.5 Å². The Labute approximate surface area is 185 Å². The van der Waals surface area contributed by atoms with Gasteiger partial charge in [-0.25, -0.2) is 4.79 Å². The third-order valence-corrected chi connectivity index (χ3v) is 5.31. The summed E-state index contributed by atoms with van der Waals surface area (Å²) in [5, 5.41) is 2.87. The van der Waals surface area contributed by atoms with E-state index < -0.39 is 0 Å². The summed E-state index contributed by atoms with van der Waals surface area (Å²) >= 11 is 0. The summed E-state index contributed by atoms with van der Waals surface area (Å²) in [6.07, 6.45) is 0. The van der Waals surface area contributed by atoms with E-state index in [0.29, 0.717) is 24.7 Å². The highest BCUT2D eigenvalue weighted by atomic mass is 16.5. The number of ether oxygens (including phenoxy) is 2. The van der Waals surface area contributed by atoms with Gasteiger partial charge in [0, 0.05) is 13.6 Å². The summed E-state index contributed by atoms with van der Waals surface area (Å²) in [7, 11) is 3.28. The van der Waals surface area contributed by atoms with Crippen molar-refractivity contribution in [1.82, 2.24) is 14.5 Å². The minimum atomic E-state index is -0.244. The van der Waals surface area contributed by atoms with E-state index in [4.69, 9.17) is 9.47 Å². The number of amides is 1. The molecule has 0 aliphatic rings. The number of imidazole rings is 1. The number of rotatable bonds is 8. The molecule has 0 aliphatic carbocycles. The van der Waals surface area contributed by atoms with Crippen molar-refractivity contribution in [3.8, 4) is 11.5 Å². The van der Waals surface area contributed by atoms with Crippen molar-refractivity contribution in [3.05, 3.63) is 94.4 Å². The average molecular weight is 431 g/mol. The fourth-order valence-corrected chi connectivity index (χ4v) is 3.59. The largest absolute Gasteiger partial charge is 0.493 e. The Morgan fingerprint density at radius 1 is 0.906 bits per heavy atom. The molecule has 0 bridgehead atoms. The Balaban J connectivity index is 1.40. The molecule has 7 heteroatoms. The summed E-state index contributed by atoms with van der Waals surface area (Å²) < 4.78 is 14.4. The van der Waals surface area contributed by atoms with Crippen LogP contribution in [0.5, 0.6) is 11.5 Å². The summed E-state index contributed by atoms with van der Waals surface area (Å²) in [6, 6.07) is 22.9. The normalized spacial score (nSPS) is 10.8. The van der Waals surface area contributed by atoms with E-state index in [9.17, 15) is 9.59 Å². The number of aromatic nitrogens is 2. The monoisotopic (exact) mass is 431 g/mol. The van der Waals surface area contributed by atoms with Crippen LogP contribution in [0.2, 0.25) is 0 Å². The number of nitrogens with zero attached hydrogens (tertiary/aromatic N) is 2. The van der Waals surface area contributed by atoms with Gasteiger partial charge in [0.05, 0.1) is 18.1 Å². The quantitative estimate of drug-likeness (QED) is 0.465. The van der Waals surface area contributed by atoms with Crippen molar-refractivity contribution in [2.45, 2.75) is 19.7 Å². The van der Waals surface area contributed by atoms with Crippen molar-refractivity contribution < 1.29 is 14.3 Å². The zero-order valence-corrected chi connectivity index (χ0v) is 18.1. The van der Waals surface area contributed by atoms with Crippen LogP contribution < -0.4 is 20.5 Å². The van der Waals surface area contributed by atoms with Crippen molar-refractivity contribution in [2.75, 3.05) is 7.11 Å². The Hall–Kier alpha value is -4.00. The lowest BCUT2D eigenvalue weighted by Crippen LogP contribution is -2.32. The fraction of sp³-hybridized carbons (Fsp3) is 0.200. The lowest BCUT2D eigenvalue weighted by atomic mass is 10.2. The van der Waals surface area contributed by atoms with Gasteiger partial charge in [-0.3, -0.25) is 13.9 Å². The topological polar surface area (TPSA) is 74.5 Å². The third-order valence-electron chi connectivity index (χ3n) is 5.31. The first-order valence-corrected chi connectivity index (χ1v) is 10.3. The van der Waals surface area contributed by atoms with E-state index in [2.05, 4.69) is 5.32 Å². The van der Waals surface area contributed by atoms with Crippen LogP contribution in [0.25, 0.3) is 11.0 Å². The minimum absolute atomic E-state index is 0.0460. The lowest BCUT2D eigenvalue weighted by molar-refractivity contribution is -0.121. The number of aryl methyl sites for hydroxylation is 1. The highest BCUT2D eigenvalue weighted by Gasteiger charge is 2.13. The van der Waals surface area contributed by atoms with Crippen LogP contribution in [0.3, 0.4) is 0 Å². The second-order valence-corrected chi connectivity index (χ2v) is 7.45. The maximum atomic E-state index is 12.5. The molecule has 0 unspecified atom stereocenters. The van der Waals surface area contributed by atoms with Crippen LogP contribution in [0.15, 0.2) is 77.6 Å². The molecule has 1 heterocycles. The molecule has 1 N–H and O–H groups in total. The number of methoxy groups -OCH3 is 1. The molecule has 0 saturated carbocycles. The van der Waals surface area contributed by atoms with Crippen molar-refractivity contribution in [1.29, 1.82) is 0 Å². The molecule has 0 fully saturated rings. The highest BCUT2D eigenvalue weighted by molar-refractivity contribution is 5.80. The van der Waals surface area contributed by atoms with Crippen LogP contribution in [0.1, 0.15) is 11.1 Å². The third kappa shape index (κ3) is 4.51. The molecule has 0 radical (unpaired) electrons. The van der Waals surface area contributed by atoms with E-state index in [1.54, 1.807) is 18.7 Å². The molecule has 164 valence electrons. The van der Waals surface area contributed by atoms with E-state index in [1.165, 1.54) is 4.57 Å². The molecule has 4 rings (SSSR count). The van der Waals surface area contributed by atoms with Crippen molar-refractivity contribution in [3.63, 3.8) is 0 Å². The number of carbonyl (C=O) groups is 1. The second kappa shape index (κ2) is 9.43. The number of carbonyl (C=O) groups excluding carboxylic acids is 1. The van der Waals surface area contributed by atoms with E-state index in [1.807, 2.05) is 72.8 Å². The Morgan fingerprint density at radius 2 is 1.62 bits per heavy atom. The number of benzene rings is 3. The van der Waals surface area contributed by atoms with Crippen LogP contribution in [-0.2, 0) is 31.5 Å². The van der Waals surface area contributed by atoms with Crippen LogP contribution in [0, 0.1) is 0 Å². The van der Waals surface area contributed by atoms with E-state index in [0.717, 1.165) is 22.2 Å². The van der Waals surface area contributed by atoms with Gasteiger partial charge in [0.1, 0.15) is 13.2 Å². The van der Waals surface area contributed by atoms with Gasteiger partial charge in [-0.05, 0) is 35.4 Å². The zero-order valence-electron chi connectivity index (χ0n) is 18.1. The number of hydrogen-bond acceptors (Lipinski definition) is 4. The molecule has 3 aromatic carbocycles. The van der Waals surface area contributed by atoms with Crippen LogP contribution >= 0.6 is 0 Å². The first-order chi connectivity index (χ1) is 15.6. The predicted octanol–water partition coefficient (Wildman–Crippen LogP) is 3.24. The van der Waals surface area contributed by atoms with Crippen molar-refractivity contribution >= 4 is 16.9 Å². The standard InChI is InChI=1S/C25H25N3O4/c1-27-20-10-6-7-11-21(20)28(25(27)30)16-24(29)26-15-19-12-13-22(23(14-19)31-2)32-17-18-8-4-3-5-9-18/h3-14H,15-17H2,1-2H3,(H,26,29). The molecule has 0 saturated heterocycles. The van der Waals surface area contributed by atoms with E-state index >= 15 is 0 Å². The van der Waals surface area contributed by atoms with Gasteiger partial charge in [-0.15, -0.1) is 0 Å². The Morgan fingerprint density at radius 3 is 2.38 bits per heavy atom. The molecular formula is C25H25N3O4. The molecule has 1 amide bonds. The summed E-state index contributed by atoms with van der Waals surface area (Å²) in [6.45, 7) is 0.705. The van der Waals surface area contributed by atoms with Crippen LogP contribution in [-0.4, -0.2) is 22.2 Å². The van der Waals surface area contributed by atoms with Gasteiger partial charge in [0.15, 0.2) is 11.5 Å². The first kappa shape index (κ1) is 21.2. The minimum Gasteiger partial charge on any atom is -0.493 e. The molecule has 32 heavy (non-hydrogen) atoms. The van der Waals surface area contributed by atoms with Gasteiger partial charge >= 0.3 is 5.69 Å². The Kier molecular flexibility index (Phi) is 6.26. The highest BCUT2D eigenvalue weighted by Crippen LogP contribution is 2.28. The number of nitrogens with one attached hydrogen (secondary N) is 1. The summed E-state index contributed by atoms with van der Waals surface area (Å²) in [5.74, 6) is 0.985. The molecule has 0 atom stereocenters. The molecular weight excluding hydrogens is 406 g/mol. The van der Waals surface area contributed by atoms with Gasteiger partial charge in [-0.2, -0.15) is 0 Å². The van der Waals surface area contributed by atoms with Crippen LogP contribution in [0.4, 0.5) is 0 Å². The SMILES string of the molecule is COc1cc(CNC(=O)Cn2c(=O)n(C)c3ccccc32)ccc1OCc1ccccc1. The number of para-hydroxylation sites is 2. The zero-order chi connectivity index (χ0) is 22.5. The molecule has 1 aromatic heterocycles. The number of hydrogen-bond donors (Lipinski definition) is 1. The first-order valence-electron chi connectivity index (χ1n) is 10.3. The van der Waals surface area contributed by atoms with Gasteiger partial charge in [0.2, 0.25) is 5.91 Å². The van der Waals surface area contributed by atoms with Gasteiger partial charge < -0.3 is 14.8 Å². The van der Waals surface area contributed by atoms with Crippen molar-refractivity contribution in [2.24, 2.45) is 7.05 Å². The number of fused-ring (bicyclic) bond motifs is 1. The summed E-state index contributed by atoms with van der Waals surface area (Å²) in [4.78, 5) is 25.0. The molecule has 0 aliphatic heterocycles. The van der Waals surface area contributed by atoms with E-state index in [-0.39, 0.29) is 18.1 Å². The molecule has 4 aromatic rings. The lowest BCUT2D eigenvalue weighted by Gasteiger charge is -2.13. The molecule has 7 nitrogen and oxygen atoms in total. The van der Waals surface area contributed by atoms with Gasteiger partial charge in [0.25, 0.3) is 0 Å². The predicted molar refractivity (Wildman–Crippen MR) is 123 cm³/mol. The smallest absolute Gasteiger partial charge is 0.329 e. The second-order valence-electron chi connectivity index (χ2n) is 7.45. The maximum Gasteiger partial charge on any atom is 0.329 e. The average Bonchev–Trinajstić information content (AvgIpc) is 3.07. The maximum absolute atomic E-state index is 12.5. The summed E-state index contributed by atoms with van der Waals surface area (Å²) in [5.41, 5.74) is 3.24. The molecule has 0 spiro atoms. The Bertz CT molecular complexity index is 1290. The fourth-order valence-electron chi connectivity index (χ4n) is 3.59.